The predicted molar refractivity (Wildman–Crippen MR) is 29.1 cm³/mol. The molecule has 0 fully saturated rings. The lowest BCUT2D eigenvalue weighted by Crippen LogP contribution is -2.26. The molecule has 0 unspecified atom stereocenters. The molecule has 4 nitrogen and oxygen atoms in total. The summed E-state index contributed by atoms with van der Waals surface area (Å²) in [4.78, 5) is 9.77. The van der Waals surface area contributed by atoms with Crippen LogP contribution in [0.15, 0.2) is 0 Å². The van der Waals surface area contributed by atoms with Gasteiger partial charge < -0.3 is 16.0 Å². The normalized spacial score (nSPS) is 10.2. The average Bonchev–Trinajstić information content (AvgIpc) is 1.80. The zero-order chi connectivity index (χ0) is 8.20. The van der Waals surface area contributed by atoms with Crippen molar-refractivity contribution in [1.29, 1.82) is 0 Å². The summed E-state index contributed by atoms with van der Waals surface area (Å²) in [7, 11) is 0. The van der Waals surface area contributed by atoms with Gasteiger partial charge in [0.05, 0.1) is 6.61 Å². The van der Waals surface area contributed by atoms with Crippen molar-refractivity contribution in [2.24, 2.45) is 0 Å². The highest BCUT2D eigenvalue weighted by Crippen LogP contribution is 2.15. The number of carbonyl (C=O) groups excluding carboxylic acids is 1. The molecule has 11 heavy (non-hydrogen) atoms. The van der Waals surface area contributed by atoms with E-state index in [2.05, 4.69) is 4.74 Å². The van der Waals surface area contributed by atoms with E-state index in [9.17, 15) is 18.0 Å². The molecule has 0 aromatic heterocycles. The van der Waals surface area contributed by atoms with E-state index >= 15 is 0 Å². The molecule has 0 aliphatic heterocycles. The van der Waals surface area contributed by atoms with Crippen LogP contribution < -0.4 is 6.15 Å². The number of hydrogen-bond acceptors (Lipinski definition) is 4. The van der Waals surface area contributed by atoms with Crippen LogP contribution in [0.5, 0.6) is 0 Å². The third-order valence-corrected chi connectivity index (χ3v) is 0.556. The molecule has 4 N–H and O–H groups in total. The smallest absolute Gasteiger partial charge is 0.457 e. The van der Waals surface area contributed by atoms with Gasteiger partial charge in [-0.05, 0) is 0 Å². The maximum atomic E-state index is 11.2. The van der Waals surface area contributed by atoms with Gasteiger partial charge in [0.2, 0.25) is 0 Å². The van der Waals surface area contributed by atoms with E-state index in [-0.39, 0.29) is 6.15 Å². The molecule has 0 heterocycles. The highest BCUT2D eigenvalue weighted by atomic mass is 19.4. The molecule has 0 radical (unpaired) electrons. The number of esters is 1. The Morgan fingerprint density at radius 1 is 1.45 bits per heavy atom. The Balaban J connectivity index is 0. The summed E-state index contributed by atoms with van der Waals surface area (Å²) in [5, 5.41) is 7.94. The van der Waals surface area contributed by atoms with Gasteiger partial charge in [0.15, 0.2) is 0 Å². The van der Waals surface area contributed by atoms with Gasteiger partial charge in [-0.1, -0.05) is 0 Å². The van der Waals surface area contributed by atoms with Crippen molar-refractivity contribution >= 4 is 5.97 Å². The predicted octanol–water partition coefficient (Wildman–Crippen LogP) is 0.246. The number of aliphatic hydroxyl groups is 1. The highest BCUT2D eigenvalue weighted by molar-refractivity contribution is 5.75. The van der Waals surface area contributed by atoms with E-state index in [0.717, 1.165) is 0 Å². The quantitative estimate of drug-likeness (QED) is 0.589. The molecule has 0 amide bonds. The first-order chi connectivity index (χ1) is 4.48. The summed E-state index contributed by atoms with van der Waals surface area (Å²) in [6.45, 7) is -1.24. The molecule has 68 valence electrons. The van der Waals surface area contributed by atoms with Crippen LogP contribution in [0, 0.1) is 0 Å². The van der Waals surface area contributed by atoms with Gasteiger partial charge in [-0.15, -0.1) is 0 Å². The van der Waals surface area contributed by atoms with Crippen molar-refractivity contribution in [1.82, 2.24) is 6.15 Å². The maximum Gasteiger partial charge on any atom is 0.490 e. The van der Waals surface area contributed by atoms with E-state index in [1.807, 2.05) is 0 Å². The molecule has 0 aromatic carbocycles. The number of aliphatic hydroxyl groups excluding tert-OH is 1. The van der Waals surface area contributed by atoms with E-state index < -0.39 is 25.4 Å². The Hall–Kier alpha value is -0.820. The Morgan fingerprint density at radius 3 is 2.18 bits per heavy atom. The fraction of sp³-hybridized carbons (Fsp3) is 0.750. The minimum absolute atomic E-state index is 0. The van der Waals surface area contributed by atoms with Crippen LogP contribution in [0.4, 0.5) is 13.2 Å². The van der Waals surface area contributed by atoms with Gasteiger partial charge in [-0.2, -0.15) is 13.2 Å². The average molecular weight is 175 g/mol. The van der Waals surface area contributed by atoms with Gasteiger partial charge in [-0.3, -0.25) is 0 Å². The molecule has 0 spiro atoms. The standard InChI is InChI=1S/C4H5F3O3.H3N/c5-4(6,7)3(9)10-2-1-8;/h8H,1-2H2;1H3. The highest BCUT2D eigenvalue weighted by Gasteiger charge is 2.40. The van der Waals surface area contributed by atoms with Crippen LogP contribution in [-0.2, 0) is 9.53 Å². The molecular weight excluding hydrogens is 167 g/mol. The molecule has 0 aliphatic rings. The van der Waals surface area contributed by atoms with Gasteiger partial charge in [-0.25, -0.2) is 4.79 Å². The summed E-state index contributed by atoms with van der Waals surface area (Å²) in [5.74, 6) is -2.28. The van der Waals surface area contributed by atoms with Crippen LogP contribution in [0.3, 0.4) is 0 Å². The monoisotopic (exact) mass is 175 g/mol. The Bertz CT molecular complexity index is 124. The SMILES string of the molecule is N.O=C(OCCO)C(F)(F)F. The van der Waals surface area contributed by atoms with Crippen molar-refractivity contribution in [2.75, 3.05) is 13.2 Å². The third-order valence-electron chi connectivity index (χ3n) is 0.556. The molecule has 0 aromatic rings. The second-order valence-electron chi connectivity index (χ2n) is 1.36. The molecule has 0 bridgehead atoms. The zero-order valence-corrected chi connectivity index (χ0v) is 5.52. The first kappa shape index (κ1) is 12.8. The zero-order valence-electron chi connectivity index (χ0n) is 5.52. The number of hydrogen-bond donors (Lipinski definition) is 2. The van der Waals surface area contributed by atoms with Gasteiger partial charge in [0, 0.05) is 0 Å². The summed E-state index contributed by atoms with van der Waals surface area (Å²) >= 11 is 0. The van der Waals surface area contributed by atoms with Gasteiger partial charge in [0.25, 0.3) is 0 Å². The van der Waals surface area contributed by atoms with Crippen LogP contribution >= 0.6 is 0 Å². The minimum Gasteiger partial charge on any atom is -0.457 e. The lowest BCUT2D eigenvalue weighted by atomic mass is 10.6. The Kier molecular flexibility index (Phi) is 5.73. The van der Waals surface area contributed by atoms with Crippen molar-refractivity contribution in [3.05, 3.63) is 0 Å². The lowest BCUT2D eigenvalue weighted by molar-refractivity contribution is -0.200. The van der Waals surface area contributed by atoms with Crippen LogP contribution in [0.1, 0.15) is 0 Å². The number of carbonyl (C=O) groups is 1. The van der Waals surface area contributed by atoms with Crippen molar-refractivity contribution in [3.63, 3.8) is 0 Å². The first-order valence-corrected chi connectivity index (χ1v) is 2.33. The summed E-state index contributed by atoms with van der Waals surface area (Å²) in [5.41, 5.74) is 0. The van der Waals surface area contributed by atoms with Crippen LogP contribution in [-0.4, -0.2) is 30.5 Å². The second kappa shape index (κ2) is 4.91. The Morgan fingerprint density at radius 2 is 1.91 bits per heavy atom. The maximum absolute atomic E-state index is 11.2. The van der Waals surface area contributed by atoms with Crippen molar-refractivity contribution in [2.45, 2.75) is 6.18 Å². The lowest BCUT2D eigenvalue weighted by Gasteiger charge is -2.04. The largest absolute Gasteiger partial charge is 0.490 e. The van der Waals surface area contributed by atoms with E-state index in [0.29, 0.717) is 0 Å². The van der Waals surface area contributed by atoms with Crippen molar-refractivity contribution in [3.8, 4) is 0 Å². The van der Waals surface area contributed by atoms with E-state index in [1.54, 1.807) is 0 Å². The van der Waals surface area contributed by atoms with E-state index in [1.165, 1.54) is 0 Å². The minimum atomic E-state index is -4.96. The summed E-state index contributed by atoms with van der Waals surface area (Å²) in [6.07, 6.45) is -4.96. The molecule has 7 heteroatoms. The Labute approximate surface area is 60.5 Å². The summed E-state index contributed by atoms with van der Waals surface area (Å²) < 4.78 is 37.2. The topological polar surface area (TPSA) is 81.5 Å². The van der Waals surface area contributed by atoms with Gasteiger partial charge in [0.1, 0.15) is 6.61 Å². The van der Waals surface area contributed by atoms with Gasteiger partial charge >= 0.3 is 12.1 Å². The fourth-order valence-electron chi connectivity index (χ4n) is 0.220. The van der Waals surface area contributed by atoms with E-state index in [4.69, 9.17) is 5.11 Å². The molecule has 0 saturated heterocycles. The molecular formula is C4H8F3NO3. The molecule has 0 atom stereocenters. The first-order valence-electron chi connectivity index (χ1n) is 2.33. The number of alkyl halides is 3. The van der Waals surface area contributed by atoms with Crippen LogP contribution in [0.25, 0.3) is 0 Å². The third kappa shape index (κ3) is 5.62. The number of rotatable bonds is 2. The molecule has 0 aliphatic carbocycles. The second-order valence-corrected chi connectivity index (χ2v) is 1.36. The molecule has 0 saturated carbocycles. The molecule has 0 rings (SSSR count). The summed E-state index contributed by atoms with van der Waals surface area (Å²) in [6, 6.07) is 0. The number of halogens is 3. The van der Waals surface area contributed by atoms with Crippen LogP contribution in [0.2, 0.25) is 0 Å². The fourth-order valence-corrected chi connectivity index (χ4v) is 0.220. The van der Waals surface area contributed by atoms with Crippen molar-refractivity contribution < 1.29 is 27.8 Å². The number of ether oxygens (including phenoxy) is 1.